The van der Waals surface area contributed by atoms with Crippen LogP contribution < -0.4 is 10.6 Å². The number of nitrogens with zero attached hydrogens (tertiary/aromatic N) is 2. The number of aryl methyl sites for hydroxylation is 2. The van der Waals surface area contributed by atoms with E-state index in [1.165, 1.54) is 0 Å². The summed E-state index contributed by atoms with van der Waals surface area (Å²) < 4.78 is 1.63. The fourth-order valence-corrected chi connectivity index (χ4v) is 2.89. The molecule has 1 aliphatic carbocycles. The summed E-state index contributed by atoms with van der Waals surface area (Å²) in [6.07, 6.45) is 5.26. The molecule has 0 aliphatic heterocycles. The van der Waals surface area contributed by atoms with Crippen molar-refractivity contribution in [1.29, 1.82) is 0 Å². The number of carbonyl (C=O) groups is 2. The molecule has 7 nitrogen and oxygen atoms in total. The van der Waals surface area contributed by atoms with Crippen LogP contribution in [0.15, 0.2) is 6.20 Å². The van der Waals surface area contributed by atoms with Crippen molar-refractivity contribution >= 4 is 17.7 Å². The van der Waals surface area contributed by atoms with Gasteiger partial charge in [0.15, 0.2) is 0 Å². The van der Waals surface area contributed by atoms with Gasteiger partial charge in [-0.3, -0.25) is 9.48 Å². The van der Waals surface area contributed by atoms with Crippen LogP contribution in [0.2, 0.25) is 0 Å². The fraction of sp³-hybridized carbons (Fsp3) is 0.643. The predicted molar refractivity (Wildman–Crippen MR) is 78.1 cm³/mol. The Bertz CT molecular complexity index is 526. The first-order valence-corrected chi connectivity index (χ1v) is 7.25. The van der Waals surface area contributed by atoms with E-state index in [0.29, 0.717) is 18.7 Å². The maximum absolute atomic E-state index is 11.9. The molecule has 2 rings (SSSR count). The van der Waals surface area contributed by atoms with Gasteiger partial charge in [0.25, 0.3) is 0 Å². The van der Waals surface area contributed by atoms with Crippen LogP contribution in [0.4, 0.5) is 10.5 Å². The number of carbonyl (C=O) groups excluding carboxylic acids is 1. The van der Waals surface area contributed by atoms with Crippen LogP contribution in [0, 0.1) is 18.8 Å². The summed E-state index contributed by atoms with van der Waals surface area (Å²) in [5.74, 6) is -1.10. The molecule has 0 radical (unpaired) electrons. The Labute approximate surface area is 123 Å². The highest BCUT2D eigenvalue weighted by molar-refractivity contribution is 5.89. The molecule has 1 aromatic heterocycles. The number of hydrogen-bond donors (Lipinski definition) is 3. The molecule has 2 amide bonds. The second-order valence-electron chi connectivity index (χ2n) is 5.63. The van der Waals surface area contributed by atoms with E-state index in [2.05, 4.69) is 15.7 Å². The Hall–Kier alpha value is -2.05. The van der Waals surface area contributed by atoms with Gasteiger partial charge in [-0.2, -0.15) is 5.10 Å². The van der Waals surface area contributed by atoms with Gasteiger partial charge in [0.1, 0.15) is 0 Å². The molecule has 1 heterocycles. The molecule has 116 valence electrons. The maximum atomic E-state index is 11.9. The minimum atomic E-state index is -0.759. The number of aliphatic carboxylic acids is 1. The van der Waals surface area contributed by atoms with Crippen molar-refractivity contribution in [2.45, 2.75) is 32.6 Å². The molecule has 0 saturated heterocycles. The summed E-state index contributed by atoms with van der Waals surface area (Å²) in [5, 5.41) is 18.9. The Morgan fingerprint density at radius 1 is 1.43 bits per heavy atom. The Balaban J connectivity index is 1.85. The van der Waals surface area contributed by atoms with Crippen molar-refractivity contribution in [1.82, 2.24) is 15.1 Å². The van der Waals surface area contributed by atoms with Gasteiger partial charge >= 0.3 is 12.0 Å². The number of nitrogens with one attached hydrogen (secondary N) is 2. The van der Waals surface area contributed by atoms with Crippen LogP contribution >= 0.6 is 0 Å². The molecule has 2 unspecified atom stereocenters. The van der Waals surface area contributed by atoms with Crippen molar-refractivity contribution in [2.24, 2.45) is 18.9 Å². The molecule has 7 heteroatoms. The van der Waals surface area contributed by atoms with Crippen LogP contribution in [0.25, 0.3) is 0 Å². The van der Waals surface area contributed by atoms with Crippen LogP contribution in [0.1, 0.15) is 31.4 Å². The first-order valence-electron chi connectivity index (χ1n) is 7.25. The third kappa shape index (κ3) is 3.96. The molecule has 0 aromatic carbocycles. The Morgan fingerprint density at radius 3 is 2.76 bits per heavy atom. The highest BCUT2D eigenvalue weighted by Crippen LogP contribution is 2.29. The third-order valence-corrected chi connectivity index (χ3v) is 4.01. The molecule has 1 aromatic rings. The van der Waals surface area contributed by atoms with Gasteiger partial charge in [0.05, 0.1) is 17.3 Å². The number of aromatic nitrogens is 2. The number of anilines is 1. The van der Waals surface area contributed by atoms with Gasteiger partial charge in [-0.05, 0) is 25.7 Å². The Morgan fingerprint density at radius 2 is 2.14 bits per heavy atom. The zero-order valence-corrected chi connectivity index (χ0v) is 12.4. The average Bonchev–Trinajstić information content (AvgIpc) is 2.74. The highest BCUT2D eigenvalue weighted by atomic mass is 16.4. The fourth-order valence-electron chi connectivity index (χ4n) is 2.89. The van der Waals surface area contributed by atoms with Gasteiger partial charge < -0.3 is 15.7 Å². The standard InChI is InChI=1S/C14H22N4O3/c1-9-12(8-18(2)17-9)16-14(21)15-7-10-5-3-4-6-11(10)13(19)20/h8,10-11H,3-7H2,1-2H3,(H,19,20)(H2,15,16,21). The topological polar surface area (TPSA) is 96.3 Å². The summed E-state index contributed by atoms with van der Waals surface area (Å²) in [4.78, 5) is 23.1. The third-order valence-electron chi connectivity index (χ3n) is 4.01. The molecule has 1 saturated carbocycles. The van der Waals surface area contributed by atoms with Crippen LogP contribution in [0.5, 0.6) is 0 Å². The summed E-state index contributed by atoms with van der Waals surface area (Å²) in [5.41, 5.74) is 1.40. The monoisotopic (exact) mass is 294 g/mol. The van der Waals surface area contributed by atoms with Gasteiger partial charge in [-0.1, -0.05) is 12.8 Å². The van der Waals surface area contributed by atoms with E-state index < -0.39 is 5.97 Å². The van der Waals surface area contributed by atoms with Crippen molar-refractivity contribution in [3.05, 3.63) is 11.9 Å². The highest BCUT2D eigenvalue weighted by Gasteiger charge is 2.30. The predicted octanol–water partition coefficient (Wildman–Crippen LogP) is 1.74. The van der Waals surface area contributed by atoms with E-state index in [9.17, 15) is 14.7 Å². The number of amides is 2. The van der Waals surface area contributed by atoms with Gasteiger partial charge in [-0.25, -0.2) is 4.79 Å². The number of rotatable bonds is 4. The normalized spacial score (nSPS) is 21.8. The number of hydrogen-bond acceptors (Lipinski definition) is 3. The van der Waals surface area contributed by atoms with Crippen LogP contribution in [-0.4, -0.2) is 33.4 Å². The molecular formula is C14H22N4O3. The molecule has 2 atom stereocenters. The number of urea groups is 1. The summed E-state index contributed by atoms with van der Waals surface area (Å²) >= 11 is 0. The lowest BCUT2D eigenvalue weighted by molar-refractivity contribution is -0.144. The molecule has 1 aliphatic rings. The smallest absolute Gasteiger partial charge is 0.319 e. The first-order chi connectivity index (χ1) is 9.97. The Kier molecular flexibility index (Phi) is 4.82. The zero-order valence-electron chi connectivity index (χ0n) is 12.4. The van der Waals surface area contributed by atoms with Crippen LogP contribution in [0.3, 0.4) is 0 Å². The van der Waals surface area contributed by atoms with E-state index in [4.69, 9.17) is 0 Å². The van der Waals surface area contributed by atoms with E-state index in [1.807, 2.05) is 6.92 Å². The second kappa shape index (κ2) is 6.60. The lowest BCUT2D eigenvalue weighted by atomic mass is 9.79. The lowest BCUT2D eigenvalue weighted by Crippen LogP contribution is -2.39. The summed E-state index contributed by atoms with van der Waals surface area (Å²) in [7, 11) is 1.79. The summed E-state index contributed by atoms with van der Waals surface area (Å²) in [6, 6.07) is -0.319. The largest absolute Gasteiger partial charge is 0.481 e. The number of carboxylic acids is 1. The average molecular weight is 294 g/mol. The zero-order chi connectivity index (χ0) is 15.4. The lowest BCUT2D eigenvalue weighted by Gasteiger charge is -2.28. The van der Waals surface area contributed by atoms with Crippen molar-refractivity contribution in [3.63, 3.8) is 0 Å². The summed E-state index contributed by atoms with van der Waals surface area (Å²) in [6.45, 7) is 2.21. The minimum absolute atomic E-state index is 0.0111. The molecule has 1 fully saturated rings. The maximum Gasteiger partial charge on any atom is 0.319 e. The number of carboxylic acid groups (broad SMARTS) is 1. The van der Waals surface area contributed by atoms with E-state index in [1.54, 1.807) is 17.9 Å². The molecule has 3 N–H and O–H groups in total. The molecular weight excluding hydrogens is 272 g/mol. The van der Waals surface area contributed by atoms with E-state index in [0.717, 1.165) is 25.0 Å². The molecule has 21 heavy (non-hydrogen) atoms. The van der Waals surface area contributed by atoms with E-state index >= 15 is 0 Å². The van der Waals surface area contributed by atoms with E-state index in [-0.39, 0.29) is 17.9 Å². The molecule has 0 spiro atoms. The van der Waals surface area contributed by atoms with Crippen molar-refractivity contribution in [2.75, 3.05) is 11.9 Å². The van der Waals surface area contributed by atoms with Gasteiger partial charge in [0.2, 0.25) is 0 Å². The van der Waals surface area contributed by atoms with Crippen molar-refractivity contribution < 1.29 is 14.7 Å². The minimum Gasteiger partial charge on any atom is -0.481 e. The van der Waals surface area contributed by atoms with Crippen molar-refractivity contribution in [3.8, 4) is 0 Å². The second-order valence-corrected chi connectivity index (χ2v) is 5.63. The quantitative estimate of drug-likeness (QED) is 0.788. The SMILES string of the molecule is Cc1nn(C)cc1NC(=O)NCC1CCCCC1C(=O)O. The van der Waals surface area contributed by atoms with Crippen LogP contribution in [-0.2, 0) is 11.8 Å². The molecule has 0 bridgehead atoms. The van der Waals surface area contributed by atoms with Gasteiger partial charge in [0, 0.05) is 19.8 Å². The van der Waals surface area contributed by atoms with Gasteiger partial charge in [-0.15, -0.1) is 0 Å². The first kappa shape index (κ1) is 15.3.